The van der Waals surface area contributed by atoms with Crippen molar-refractivity contribution in [2.75, 3.05) is 4.90 Å². The van der Waals surface area contributed by atoms with Crippen molar-refractivity contribution in [3.8, 4) is 5.75 Å². The topological polar surface area (TPSA) is 32.7 Å². The Morgan fingerprint density at radius 2 is 1.62 bits per heavy atom. The number of phenolic OH excluding ortho intramolecular Hbond substituents is 1. The standard InChI is InChI=1S/C25H39NO2Si/c1-9-23(21-11-10-12-22(16-21)26(18(2)3)19(4)5)24-15-20(13-14-25(24)27)17-28-29(6,7)8/h10-16,18-19,23,27H,9,17H2,1-8H3. The maximum absolute atomic E-state index is 10.6. The molecule has 0 saturated carbocycles. The maximum atomic E-state index is 10.6. The van der Waals surface area contributed by atoms with E-state index in [0.717, 1.165) is 17.5 Å². The van der Waals surface area contributed by atoms with Gasteiger partial charge in [0, 0.05) is 29.3 Å². The van der Waals surface area contributed by atoms with Crippen LogP contribution >= 0.6 is 0 Å². The fourth-order valence-corrected chi connectivity index (χ4v) is 4.60. The summed E-state index contributed by atoms with van der Waals surface area (Å²) in [6.45, 7) is 18.3. The predicted molar refractivity (Wildman–Crippen MR) is 128 cm³/mol. The Kier molecular flexibility index (Phi) is 7.95. The van der Waals surface area contributed by atoms with E-state index >= 15 is 0 Å². The molecule has 1 atom stereocenters. The first kappa shape index (κ1) is 23.5. The summed E-state index contributed by atoms with van der Waals surface area (Å²) in [5, 5.41) is 10.6. The number of hydrogen-bond donors (Lipinski definition) is 1. The maximum Gasteiger partial charge on any atom is 0.184 e. The Labute approximate surface area is 178 Å². The van der Waals surface area contributed by atoms with Crippen LogP contribution in [0.1, 0.15) is 63.6 Å². The van der Waals surface area contributed by atoms with Crippen LogP contribution in [0.4, 0.5) is 5.69 Å². The smallest absolute Gasteiger partial charge is 0.184 e. The van der Waals surface area contributed by atoms with Crippen molar-refractivity contribution in [3.63, 3.8) is 0 Å². The second-order valence-electron chi connectivity index (χ2n) is 9.44. The van der Waals surface area contributed by atoms with Crippen LogP contribution in [0, 0.1) is 0 Å². The highest BCUT2D eigenvalue weighted by Crippen LogP contribution is 2.36. The summed E-state index contributed by atoms with van der Waals surface area (Å²) < 4.78 is 6.08. The largest absolute Gasteiger partial charge is 0.508 e. The zero-order chi connectivity index (χ0) is 21.8. The predicted octanol–water partition coefficient (Wildman–Crippen LogP) is 6.91. The highest BCUT2D eigenvalue weighted by Gasteiger charge is 2.20. The molecule has 0 radical (unpaired) electrons. The Morgan fingerprint density at radius 1 is 0.966 bits per heavy atom. The van der Waals surface area contributed by atoms with Gasteiger partial charge in [0.1, 0.15) is 5.75 Å². The minimum atomic E-state index is -1.58. The lowest BCUT2D eigenvalue weighted by molar-refractivity contribution is 0.299. The molecule has 0 heterocycles. The average molecular weight is 414 g/mol. The molecule has 2 aromatic carbocycles. The molecule has 0 aliphatic rings. The molecule has 0 saturated heterocycles. The molecule has 0 bridgehead atoms. The third kappa shape index (κ3) is 6.35. The number of anilines is 1. The third-order valence-electron chi connectivity index (χ3n) is 5.23. The lowest BCUT2D eigenvalue weighted by Gasteiger charge is -2.34. The zero-order valence-electron chi connectivity index (χ0n) is 19.5. The van der Waals surface area contributed by atoms with Crippen LogP contribution in [0.15, 0.2) is 42.5 Å². The molecule has 2 rings (SSSR count). The van der Waals surface area contributed by atoms with Crippen LogP contribution in [-0.4, -0.2) is 25.5 Å². The lowest BCUT2D eigenvalue weighted by atomic mass is 9.87. The van der Waals surface area contributed by atoms with Crippen LogP contribution in [0.25, 0.3) is 0 Å². The van der Waals surface area contributed by atoms with Gasteiger partial charge in [-0.15, -0.1) is 0 Å². The van der Waals surface area contributed by atoms with Gasteiger partial charge in [0.05, 0.1) is 6.61 Å². The number of benzene rings is 2. The quantitative estimate of drug-likeness (QED) is 0.453. The Morgan fingerprint density at radius 3 is 2.17 bits per heavy atom. The van der Waals surface area contributed by atoms with Crippen LogP contribution < -0.4 is 4.90 Å². The van der Waals surface area contributed by atoms with E-state index in [1.165, 1.54) is 11.3 Å². The summed E-state index contributed by atoms with van der Waals surface area (Å²) in [6, 6.07) is 15.6. The molecular weight excluding hydrogens is 374 g/mol. The van der Waals surface area contributed by atoms with Crippen molar-refractivity contribution in [3.05, 3.63) is 59.2 Å². The van der Waals surface area contributed by atoms with Crippen molar-refractivity contribution >= 4 is 14.0 Å². The van der Waals surface area contributed by atoms with Crippen molar-refractivity contribution < 1.29 is 9.53 Å². The SMILES string of the molecule is CCC(c1cccc(N(C(C)C)C(C)C)c1)c1cc(CO[Si](C)(C)C)ccc1O. The molecule has 29 heavy (non-hydrogen) atoms. The molecule has 0 aliphatic carbocycles. The van der Waals surface area contributed by atoms with Gasteiger partial charge < -0.3 is 14.4 Å². The Balaban J connectivity index is 2.40. The summed E-state index contributed by atoms with van der Waals surface area (Å²) in [7, 11) is -1.58. The van der Waals surface area contributed by atoms with E-state index in [-0.39, 0.29) is 5.92 Å². The number of nitrogens with zero attached hydrogens (tertiary/aromatic N) is 1. The third-order valence-corrected chi connectivity index (χ3v) is 6.24. The molecule has 3 nitrogen and oxygen atoms in total. The summed E-state index contributed by atoms with van der Waals surface area (Å²) in [5.41, 5.74) is 4.60. The molecule has 0 amide bonds. The Bertz CT molecular complexity index is 788. The summed E-state index contributed by atoms with van der Waals surface area (Å²) in [4.78, 5) is 2.44. The van der Waals surface area contributed by atoms with Crippen molar-refractivity contribution in [1.82, 2.24) is 0 Å². The van der Waals surface area contributed by atoms with Gasteiger partial charge in [0.2, 0.25) is 0 Å². The molecule has 4 heteroatoms. The van der Waals surface area contributed by atoms with E-state index in [1.54, 1.807) is 0 Å². The van der Waals surface area contributed by atoms with Gasteiger partial charge in [0.25, 0.3) is 0 Å². The van der Waals surface area contributed by atoms with Crippen LogP contribution in [-0.2, 0) is 11.0 Å². The van der Waals surface area contributed by atoms with E-state index in [4.69, 9.17) is 4.43 Å². The van der Waals surface area contributed by atoms with Crippen molar-refractivity contribution in [2.24, 2.45) is 0 Å². The highest BCUT2D eigenvalue weighted by molar-refractivity contribution is 6.69. The first-order valence-corrected chi connectivity index (χ1v) is 14.3. The normalized spacial score (nSPS) is 13.2. The molecule has 1 unspecified atom stereocenters. The first-order chi connectivity index (χ1) is 13.5. The van der Waals surface area contributed by atoms with E-state index in [9.17, 15) is 5.11 Å². The zero-order valence-corrected chi connectivity index (χ0v) is 20.5. The molecule has 0 aromatic heterocycles. The molecule has 160 valence electrons. The van der Waals surface area contributed by atoms with Crippen molar-refractivity contribution in [2.45, 2.75) is 85.3 Å². The molecular formula is C25H39NO2Si. The van der Waals surface area contributed by atoms with Crippen LogP contribution in [0.5, 0.6) is 5.75 Å². The van der Waals surface area contributed by atoms with Gasteiger partial charge in [0.15, 0.2) is 8.32 Å². The molecule has 2 aromatic rings. The first-order valence-electron chi connectivity index (χ1n) is 10.9. The second-order valence-corrected chi connectivity index (χ2v) is 14.0. The minimum Gasteiger partial charge on any atom is -0.508 e. The Hall–Kier alpha value is -1.78. The van der Waals surface area contributed by atoms with Gasteiger partial charge >= 0.3 is 0 Å². The molecule has 0 aliphatic heterocycles. The van der Waals surface area contributed by atoms with Gasteiger partial charge in [-0.1, -0.05) is 25.1 Å². The van der Waals surface area contributed by atoms with Gasteiger partial charge in [-0.3, -0.25) is 0 Å². The molecule has 0 fully saturated rings. The lowest BCUT2D eigenvalue weighted by Crippen LogP contribution is -2.37. The van der Waals surface area contributed by atoms with E-state index < -0.39 is 8.32 Å². The van der Waals surface area contributed by atoms with Crippen LogP contribution in [0.2, 0.25) is 19.6 Å². The van der Waals surface area contributed by atoms with Gasteiger partial charge in [-0.05, 0) is 89.1 Å². The fraction of sp³-hybridized carbons (Fsp3) is 0.520. The molecule has 1 N–H and O–H groups in total. The number of phenols is 1. The summed E-state index contributed by atoms with van der Waals surface area (Å²) in [5.74, 6) is 0.520. The van der Waals surface area contributed by atoms with Gasteiger partial charge in [-0.25, -0.2) is 0 Å². The van der Waals surface area contributed by atoms with Crippen molar-refractivity contribution in [1.29, 1.82) is 0 Å². The number of hydrogen-bond acceptors (Lipinski definition) is 3. The van der Waals surface area contributed by atoms with Gasteiger partial charge in [-0.2, -0.15) is 0 Å². The fourth-order valence-electron chi connectivity index (χ4n) is 4.00. The highest BCUT2D eigenvalue weighted by atomic mass is 28.4. The van der Waals surface area contributed by atoms with Crippen LogP contribution in [0.3, 0.4) is 0 Å². The average Bonchev–Trinajstić information content (AvgIpc) is 2.62. The second kappa shape index (κ2) is 9.81. The summed E-state index contributed by atoms with van der Waals surface area (Å²) in [6.07, 6.45) is 0.929. The molecule has 0 spiro atoms. The monoisotopic (exact) mass is 413 g/mol. The van der Waals surface area contributed by atoms with E-state index in [0.29, 0.717) is 24.4 Å². The van der Waals surface area contributed by atoms with E-state index in [2.05, 4.69) is 89.5 Å². The minimum absolute atomic E-state index is 0.156. The number of aromatic hydroxyl groups is 1. The number of rotatable bonds is 9. The van der Waals surface area contributed by atoms with E-state index in [1.807, 2.05) is 12.1 Å². The summed E-state index contributed by atoms with van der Waals surface area (Å²) >= 11 is 0.